The van der Waals surface area contributed by atoms with Crippen molar-refractivity contribution in [2.24, 2.45) is 5.41 Å². The highest BCUT2D eigenvalue weighted by Crippen LogP contribution is 2.54. The van der Waals surface area contributed by atoms with Crippen LogP contribution < -0.4 is 11.1 Å². The largest absolute Gasteiger partial charge is 0.416 e. The number of carbonyl (C=O) groups is 2. The van der Waals surface area contributed by atoms with E-state index in [1.54, 1.807) is 16.5 Å². The van der Waals surface area contributed by atoms with Crippen LogP contribution in [0.3, 0.4) is 0 Å². The lowest BCUT2D eigenvalue weighted by Crippen LogP contribution is -2.42. The molecule has 10 heteroatoms. The zero-order valence-electron chi connectivity index (χ0n) is 18.3. The first-order valence-electron chi connectivity index (χ1n) is 10.6. The van der Waals surface area contributed by atoms with E-state index in [-0.39, 0.29) is 34.4 Å². The van der Waals surface area contributed by atoms with Gasteiger partial charge in [0.05, 0.1) is 11.6 Å². The van der Waals surface area contributed by atoms with Crippen molar-refractivity contribution in [2.45, 2.75) is 38.4 Å². The zero-order chi connectivity index (χ0) is 24.0. The molecule has 1 aliphatic heterocycles. The fourth-order valence-corrected chi connectivity index (χ4v) is 4.83. The topological polar surface area (TPSA) is 93.2 Å². The maximum atomic E-state index is 12.9. The number of nitrogen functional groups attached to an aromatic ring is 1. The Bertz CT molecular complexity index is 1150. The van der Waals surface area contributed by atoms with Gasteiger partial charge in [0.2, 0.25) is 0 Å². The summed E-state index contributed by atoms with van der Waals surface area (Å²) in [5.41, 5.74) is 6.24. The minimum absolute atomic E-state index is 0.0319. The van der Waals surface area contributed by atoms with E-state index in [1.165, 1.54) is 19.2 Å². The van der Waals surface area contributed by atoms with E-state index in [0.29, 0.717) is 18.7 Å². The Balaban J connectivity index is 1.60. The molecule has 1 spiro atoms. The lowest BCUT2D eigenvalue weighted by atomic mass is 9.65. The van der Waals surface area contributed by atoms with Crippen molar-refractivity contribution in [1.29, 1.82) is 0 Å². The second-order valence-electron chi connectivity index (χ2n) is 8.62. The number of benzene rings is 1. The molecule has 1 saturated heterocycles. The molecular weight excluding hydrogens is 435 g/mol. The maximum absolute atomic E-state index is 12.9. The van der Waals surface area contributed by atoms with Crippen LogP contribution in [0.1, 0.15) is 48.1 Å². The highest BCUT2D eigenvalue weighted by atomic mass is 19.4. The SMILES string of the molecule is CC#CC(=O)N1CCC2(CC(n3nc(-c4ccc(C(F)(F)F)cc4)c(C(=O)NC)c3N)C2)C1. The van der Waals surface area contributed by atoms with E-state index in [9.17, 15) is 22.8 Å². The molecule has 33 heavy (non-hydrogen) atoms. The van der Waals surface area contributed by atoms with Gasteiger partial charge in [-0.25, -0.2) is 4.68 Å². The van der Waals surface area contributed by atoms with Crippen LogP contribution in [-0.2, 0) is 11.0 Å². The van der Waals surface area contributed by atoms with Crippen LogP contribution in [0, 0.1) is 17.3 Å². The van der Waals surface area contributed by atoms with Crippen molar-refractivity contribution in [1.82, 2.24) is 20.0 Å². The third-order valence-corrected chi connectivity index (χ3v) is 6.53. The lowest BCUT2D eigenvalue weighted by molar-refractivity contribution is -0.137. The molecule has 1 aromatic heterocycles. The number of amides is 2. The van der Waals surface area contributed by atoms with Crippen molar-refractivity contribution in [3.8, 4) is 23.1 Å². The van der Waals surface area contributed by atoms with Crippen LogP contribution in [0.4, 0.5) is 19.0 Å². The van der Waals surface area contributed by atoms with Crippen molar-refractivity contribution in [3.63, 3.8) is 0 Å². The van der Waals surface area contributed by atoms with E-state index < -0.39 is 17.6 Å². The Kier molecular flexibility index (Phi) is 5.60. The molecule has 7 nitrogen and oxygen atoms in total. The van der Waals surface area contributed by atoms with E-state index in [1.807, 2.05) is 0 Å². The zero-order valence-corrected chi connectivity index (χ0v) is 18.3. The molecule has 2 aliphatic rings. The third-order valence-electron chi connectivity index (χ3n) is 6.53. The van der Waals surface area contributed by atoms with Gasteiger partial charge in [-0.3, -0.25) is 9.59 Å². The van der Waals surface area contributed by atoms with E-state index in [2.05, 4.69) is 22.3 Å². The van der Waals surface area contributed by atoms with E-state index >= 15 is 0 Å². The molecule has 0 atom stereocenters. The molecule has 0 unspecified atom stereocenters. The van der Waals surface area contributed by atoms with Crippen LogP contribution in [0.2, 0.25) is 0 Å². The summed E-state index contributed by atoms with van der Waals surface area (Å²) in [7, 11) is 1.46. The second-order valence-corrected chi connectivity index (χ2v) is 8.62. The molecule has 1 saturated carbocycles. The number of likely N-dealkylation sites (tertiary alicyclic amines) is 1. The predicted molar refractivity (Wildman–Crippen MR) is 116 cm³/mol. The normalized spacial score (nSPS) is 22.0. The van der Waals surface area contributed by atoms with Gasteiger partial charge in [0.1, 0.15) is 17.1 Å². The standard InChI is InChI=1S/C23H24F3N5O2/c1-3-4-17(32)30-10-9-22(13-30)11-16(12-22)31-20(27)18(21(33)28-2)19(29-31)14-5-7-15(8-6-14)23(24,25)26/h5-8,16H,9-13,27H2,1-2H3,(H,28,33). The minimum Gasteiger partial charge on any atom is -0.383 e. The van der Waals surface area contributed by atoms with Gasteiger partial charge < -0.3 is 16.0 Å². The van der Waals surface area contributed by atoms with Gasteiger partial charge in [-0.05, 0) is 49.7 Å². The van der Waals surface area contributed by atoms with Crippen molar-refractivity contribution < 1.29 is 22.8 Å². The molecule has 4 rings (SSSR count). The van der Waals surface area contributed by atoms with E-state index in [0.717, 1.165) is 31.4 Å². The van der Waals surface area contributed by atoms with E-state index in [4.69, 9.17) is 5.73 Å². The fourth-order valence-electron chi connectivity index (χ4n) is 4.83. The van der Waals surface area contributed by atoms with Gasteiger partial charge in [0, 0.05) is 25.7 Å². The van der Waals surface area contributed by atoms with Crippen molar-refractivity contribution in [3.05, 3.63) is 35.4 Å². The van der Waals surface area contributed by atoms with Gasteiger partial charge in [-0.2, -0.15) is 18.3 Å². The first kappa shape index (κ1) is 22.7. The number of anilines is 1. The van der Waals surface area contributed by atoms with Gasteiger partial charge in [0.15, 0.2) is 0 Å². The molecule has 2 fully saturated rings. The van der Waals surface area contributed by atoms with Gasteiger partial charge in [0.25, 0.3) is 11.8 Å². The average molecular weight is 459 g/mol. The first-order chi connectivity index (χ1) is 15.6. The number of nitrogens with zero attached hydrogens (tertiary/aromatic N) is 3. The van der Waals surface area contributed by atoms with Gasteiger partial charge >= 0.3 is 6.18 Å². The summed E-state index contributed by atoms with van der Waals surface area (Å²) >= 11 is 0. The number of hydrogen-bond acceptors (Lipinski definition) is 4. The number of aromatic nitrogens is 2. The van der Waals surface area contributed by atoms with Crippen LogP contribution in [0.5, 0.6) is 0 Å². The van der Waals surface area contributed by atoms with Gasteiger partial charge in [-0.1, -0.05) is 18.1 Å². The minimum atomic E-state index is -4.46. The molecule has 1 aliphatic carbocycles. The number of nitrogens with two attached hydrogens (primary N) is 1. The van der Waals surface area contributed by atoms with Crippen molar-refractivity contribution in [2.75, 3.05) is 25.9 Å². The molecule has 3 N–H and O–H groups in total. The fraction of sp³-hybridized carbons (Fsp3) is 0.435. The Morgan fingerprint density at radius 1 is 1.24 bits per heavy atom. The number of nitrogens with one attached hydrogen (secondary N) is 1. The van der Waals surface area contributed by atoms with Crippen LogP contribution in [0.25, 0.3) is 11.3 Å². The molecule has 0 radical (unpaired) electrons. The number of halogens is 3. The summed E-state index contributed by atoms with van der Waals surface area (Å²) < 4.78 is 40.4. The quantitative estimate of drug-likeness (QED) is 0.690. The molecule has 174 valence electrons. The Hall–Kier alpha value is -3.48. The maximum Gasteiger partial charge on any atom is 0.416 e. The highest BCUT2D eigenvalue weighted by Gasteiger charge is 2.51. The molecule has 1 aromatic carbocycles. The van der Waals surface area contributed by atoms with Crippen LogP contribution >= 0.6 is 0 Å². The van der Waals surface area contributed by atoms with Crippen LogP contribution in [-0.4, -0.2) is 46.6 Å². The Morgan fingerprint density at radius 2 is 1.91 bits per heavy atom. The monoisotopic (exact) mass is 459 g/mol. The van der Waals surface area contributed by atoms with Gasteiger partial charge in [-0.15, -0.1) is 0 Å². The molecule has 2 heterocycles. The van der Waals surface area contributed by atoms with Crippen molar-refractivity contribution >= 4 is 17.6 Å². The summed E-state index contributed by atoms with van der Waals surface area (Å²) in [6, 6.07) is 4.43. The summed E-state index contributed by atoms with van der Waals surface area (Å²) in [5, 5.41) is 7.07. The highest BCUT2D eigenvalue weighted by molar-refractivity contribution is 6.04. The Labute approximate surface area is 189 Å². The molecule has 2 aromatic rings. The molecule has 2 amide bonds. The predicted octanol–water partition coefficient (Wildman–Crippen LogP) is 3.09. The first-order valence-corrected chi connectivity index (χ1v) is 10.6. The third kappa shape index (κ3) is 4.03. The molecular formula is C23H24F3N5O2. The number of rotatable bonds is 3. The van der Waals surface area contributed by atoms with Crippen LogP contribution in [0.15, 0.2) is 24.3 Å². The summed E-state index contributed by atoms with van der Waals surface area (Å²) in [6.45, 7) is 2.89. The number of alkyl halides is 3. The summed E-state index contributed by atoms with van der Waals surface area (Å²) in [5.74, 6) is 4.74. The summed E-state index contributed by atoms with van der Waals surface area (Å²) in [6.07, 6.45) is -2.13. The lowest BCUT2D eigenvalue weighted by Gasteiger charge is -2.45. The molecule has 0 bridgehead atoms. The Morgan fingerprint density at radius 3 is 2.48 bits per heavy atom. The average Bonchev–Trinajstić information content (AvgIpc) is 3.34. The smallest absolute Gasteiger partial charge is 0.383 e. The second kappa shape index (κ2) is 8.14. The number of carbonyl (C=O) groups excluding carboxylic acids is 2. The number of hydrogen-bond donors (Lipinski definition) is 2. The summed E-state index contributed by atoms with van der Waals surface area (Å²) in [4.78, 5) is 26.4.